The second-order valence-electron chi connectivity index (χ2n) is 4.73. The molecule has 0 aliphatic carbocycles. The molecule has 1 aliphatic rings. The van der Waals surface area contributed by atoms with E-state index in [1.165, 1.54) is 11.3 Å². The van der Waals surface area contributed by atoms with Gasteiger partial charge >= 0.3 is 6.09 Å². The second-order valence-corrected chi connectivity index (χ2v) is 5.57. The van der Waals surface area contributed by atoms with Gasteiger partial charge in [0.15, 0.2) is 5.13 Å². The van der Waals surface area contributed by atoms with Gasteiger partial charge in [-0.2, -0.15) is 0 Å². The molecule has 6 heteroatoms. The number of carbonyl (C=O) groups excluding carboxylic acids is 1. The summed E-state index contributed by atoms with van der Waals surface area (Å²) in [5.74, 6) is 0. The van der Waals surface area contributed by atoms with Crippen molar-refractivity contribution >= 4 is 22.6 Å². The Morgan fingerprint density at radius 2 is 2.33 bits per heavy atom. The first-order chi connectivity index (χ1) is 8.58. The van der Waals surface area contributed by atoms with Crippen LogP contribution in [0.2, 0.25) is 0 Å². The van der Waals surface area contributed by atoms with Crippen molar-refractivity contribution in [2.75, 3.05) is 11.5 Å². The fourth-order valence-electron chi connectivity index (χ4n) is 1.86. The number of hydrogen-bond donors (Lipinski definition) is 0. The first kappa shape index (κ1) is 11.3. The number of carbonyl (C=O) groups is 1. The van der Waals surface area contributed by atoms with Crippen LogP contribution in [0.1, 0.15) is 13.8 Å². The maximum absolute atomic E-state index is 11.7. The van der Waals surface area contributed by atoms with Gasteiger partial charge < -0.3 is 9.15 Å². The number of nitrogens with zero attached hydrogens (tertiary/aromatic N) is 2. The van der Waals surface area contributed by atoms with Crippen LogP contribution in [0.25, 0.3) is 11.3 Å². The van der Waals surface area contributed by atoms with Crippen molar-refractivity contribution in [1.82, 2.24) is 4.98 Å². The fourth-order valence-corrected chi connectivity index (χ4v) is 2.85. The SMILES string of the molecule is CC1(C)COC(=O)N1c1nc(-c2ccoc2)cs1. The van der Waals surface area contributed by atoms with Crippen molar-refractivity contribution in [3.63, 3.8) is 0 Å². The zero-order valence-electron chi connectivity index (χ0n) is 10.0. The van der Waals surface area contributed by atoms with Crippen LogP contribution in [0.3, 0.4) is 0 Å². The molecule has 18 heavy (non-hydrogen) atoms. The fraction of sp³-hybridized carbons (Fsp3) is 0.333. The summed E-state index contributed by atoms with van der Waals surface area (Å²) in [6.07, 6.45) is 2.89. The third-order valence-electron chi connectivity index (χ3n) is 2.84. The van der Waals surface area contributed by atoms with Gasteiger partial charge in [0.1, 0.15) is 6.61 Å². The van der Waals surface area contributed by atoms with E-state index in [9.17, 15) is 4.79 Å². The Morgan fingerprint density at radius 1 is 1.50 bits per heavy atom. The number of cyclic esters (lactones) is 1. The van der Waals surface area contributed by atoms with Crippen LogP contribution < -0.4 is 4.90 Å². The molecule has 3 rings (SSSR count). The van der Waals surface area contributed by atoms with E-state index >= 15 is 0 Å². The molecule has 1 aliphatic heterocycles. The minimum Gasteiger partial charge on any atom is -0.472 e. The highest BCUT2D eigenvalue weighted by atomic mass is 32.1. The largest absolute Gasteiger partial charge is 0.472 e. The highest BCUT2D eigenvalue weighted by molar-refractivity contribution is 7.14. The van der Waals surface area contributed by atoms with Gasteiger partial charge in [-0.3, -0.25) is 0 Å². The molecule has 3 heterocycles. The Kier molecular flexibility index (Phi) is 2.41. The minimum atomic E-state index is -0.359. The van der Waals surface area contributed by atoms with Crippen LogP contribution in [0.5, 0.6) is 0 Å². The van der Waals surface area contributed by atoms with Gasteiger partial charge in [-0.05, 0) is 19.9 Å². The van der Waals surface area contributed by atoms with E-state index in [0.29, 0.717) is 11.7 Å². The van der Waals surface area contributed by atoms with Crippen LogP contribution >= 0.6 is 11.3 Å². The number of rotatable bonds is 2. The van der Waals surface area contributed by atoms with Gasteiger partial charge in [-0.1, -0.05) is 0 Å². The molecule has 1 saturated heterocycles. The number of anilines is 1. The van der Waals surface area contributed by atoms with Crippen molar-refractivity contribution in [3.8, 4) is 11.3 Å². The molecular formula is C12H12N2O3S. The predicted octanol–water partition coefficient (Wildman–Crippen LogP) is 3.14. The lowest BCUT2D eigenvalue weighted by atomic mass is 10.1. The van der Waals surface area contributed by atoms with Gasteiger partial charge in [0, 0.05) is 10.9 Å². The van der Waals surface area contributed by atoms with Crippen molar-refractivity contribution in [2.24, 2.45) is 0 Å². The molecule has 0 radical (unpaired) electrons. The van der Waals surface area contributed by atoms with Crippen molar-refractivity contribution in [3.05, 3.63) is 24.0 Å². The topological polar surface area (TPSA) is 55.6 Å². The standard InChI is InChI=1S/C12H12N2O3S/c1-12(2)7-17-11(15)14(12)10-13-9(6-18-10)8-3-4-16-5-8/h3-6H,7H2,1-2H3. The zero-order valence-corrected chi connectivity index (χ0v) is 10.9. The van der Waals surface area contributed by atoms with Crippen molar-refractivity contribution in [2.45, 2.75) is 19.4 Å². The van der Waals surface area contributed by atoms with E-state index in [0.717, 1.165) is 11.3 Å². The lowest BCUT2D eigenvalue weighted by molar-refractivity contribution is 0.175. The van der Waals surface area contributed by atoms with E-state index in [-0.39, 0.29) is 11.6 Å². The Bertz CT molecular complexity index is 574. The quantitative estimate of drug-likeness (QED) is 0.836. The average molecular weight is 264 g/mol. The molecule has 0 bridgehead atoms. The van der Waals surface area contributed by atoms with Crippen LogP contribution in [0.15, 0.2) is 28.4 Å². The number of thiazole rings is 1. The van der Waals surface area contributed by atoms with E-state index in [1.807, 2.05) is 25.3 Å². The maximum atomic E-state index is 11.7. The van der Waals surface area contributed by atoms with Gasteiger partial charge in [-0.25, -0.2) is 14.7 Å². The summed E-state index contributed by atoms with van der Waals surface area (Å²) < 4.78 is 10.1. The second kappa shape index (κ2) is 3.84. The Hall–Kier alpha value is -1.82. The van der Waals surface area contributed by atoms with E-state index in [1.54, 1.807) is 17.4 Å². The number of furan rings is 1. The molecule has 1 fully saturated rings. The molecule has 0 aromatic carbocycles. The summed E-state index contributed by atoms with van der Waals surface area (Å²) >= 11 is 1.42. The third-order valence-corrected chi connectivity index (χ3v) is 3.66. The maximum Gasteiger partial charge on any atom is 0.416 e. The molecule has 0 unspecified atom stereocenters. The van der Waals surface area contributed by atoms with Gasteiger partial charge in [0.25, 0.3) is 0 Å². The third kappa shape index (κ3) is 1.69. The molecule has 0 atom stereocenters. The first-order valence-corrected chi connectivity index (χ1v) is 6.41. The number of aromatic nitrogens is 1. The molecule has 2 aromatic heterocycles. The molecular weight excluding hydrogens is 252 g/mol. The Balaban J connectivity index is 1.96. The molecule has 2 aromatic rings. The summed E-state index contributed by atoms with van der Waals surface area (Å²) in [6.45, 7) is 4.29. The molecule has 94 valence electrons. The summed E-state index contributed by atoms with van der Waals surface area (Å²) in [5.41, 5.74) is 1.35. The van der Waals surface area contributed by atoms with Gasteiger partial charge in [0.05, 0.1) is 23.8 Å². The molecule has 0 N–H and O–H groups in total. The molecule has 0 spiro atoms. The molecule has 5 nitrogen and oxygen atoms in total. The number of amides is 1. The monoisotopic (exact) mass is 264 g/mol. The molecule has 0 saturated carbocycles. The van der Waals surface area contributed by atoms with Crippen LogP contribution in [0.4, 0.5) is 9.93 Å². The summed E-state index contributed by atoms with van der Waals surface area (Å²) in [6, 6.07) is 1.84. The van der Waals surface area contributed by atoms with E-state index in [2.05, 4.69) is 4.98 Å². The smallest absolute Gasteiger partial charge is 0.416 e. The predicted molar refractivity (Wildman–Crippen MR) is 67.7 cm³/mol. The van der Waals surface area contributed by atoms with Crippen molar-refractivity contribution in [1.29, 1.82) is 0 Å². The van der Waals surface area contributed by atoms with Gasteiger partial charge in [-0.15, -0.1) is 11.3 Å². The number of hydrogen-bond acceptors (Lipinski definition) is 5. The lowest BCUT2D eigenvalue weighted by Crippen LogP contribution is -2.42. The Labute approximate surface area is 108 Å². The summed E-state index contributed by atoms with van der Waals surface area (Å²) in [5, 5.41) is 2.56. The average Bonchev–Trinajstić information content (AvgIpc) is 2.98. The zero-order chi connectivity index (χ0) is 12.8. The van der Waals surface area contributed by atoms with E-state index in [4.69, 9.17) is 9.15 Å². The highest BCUT2D eigenvalue weighted by Crippen LogP contribution is 2.35. The van der Waals surface area contributed by atoms with Crippen LogP contribution in [-0.2, 0) is 4.74 Å². The van der Waals surface area contributed by atoms with E-state index < -0.39 is 0 Å². The highest BCUT2D eigenvalue weighted by Gasteiger charge is 2.42. The number of ether oxygens (including phenoxy) is 1. The van der Waals surface area contributed by atoms with Crippen LogP contribution in [0, 0.1) is 0 Å². The molecule has 1 amide bonds. The summed E-state index contributed by atoms with van der Waals surface area (Å²) in [4.78, 5) is 17.8. The van der Waals surface area contributed by atoms with Crippen LogP contribution in [-0.4, -0.2) is 23.2 Å². The summed E-state index contributed by atoms with van der Waals surface area (Å²) in [7, 11) is 0. The minimum absolute atomic E-state index is 0.340. The van der Waals surface area contributed by atoms with Gasteiger partial charge in [0.2, 0.25) is 0 Å². The lowest BCUT2D eigenvalue weighted by Gasteiger charge is -2.24. The first-order valence-electron chi connectivity index (χ1n) is 5.53. The van der Waals surface area contributed by atoms with Crippen molar-refractivity contribution < 1.29 is 13.9 Å². The normalized spacial score (nSPS) is 18.1. The Morgan fingerprint density at radius 3 is 2.94 bits per heavy atom.